The number of ketones is 2. The first kappa shape index (κ1) is 30.4. The number of carbonyl (C=O) groups excluding carboxylic acids is 2. The maximum atomic E-state index is 12.2. The molecule has 2 heterocycles. The number of ether oxygens (including phenoxy) is 2. The number of rotatable bonds is 2. The molecule has 0 amide bonds. The fraction of sp³-hybridized carbons (Fsp3) is 0.935. The summed E-state index contributed by atoms with van der Waals surface area (Å²) in [6.45, 7) is 8.26. The monoisotopic (exact) mass is 554 g/mol. The summed E-state index contributed by atoms with van der Waals surface area (Å²) in [7, 11) is 0. The molecule has 2 saturated heterocycles. The van der Waals surface area contributed by atoms with E-state index in [2.05, 4.69) is 18.1 Å². The Morgan fingerprint density at radius 2 is 1.61 bits per heavy atom. The molecule has 4 aliphatic carbocycles. The Balaban J connectivity index is 0.000000183. The normalized spacial score (nSPS) is 44.2. The van der Waals surface area contributed by atoms with Crippen LogP contribution in [0.25, 0.3) is 0 Å². The molecule has 0 aromatic heterocycles. The van der Waals surface area contributed by atoms with Crippen molar-refractivity contribution in [1.29, 1.82) is 0 Å². The Morgan fingerprint density at radius 3 is 2.16 bits per heavy atom. The molecule has 6 rings (SSSR count). The summed E-state index contributed by atoms with van der Waals surface area (Å²) in [5, 5.41) is 8.69. The number of fused-ring (bicyclic) bond motifs is 5. The van der Waals surface area contributed by atoms with Crippen molar-refractivity contribution in [3.8, 4) is 0 Å². The summed E-state index contributed by atoms with van der Waals surface area (Å²) in [6.07, 6.45) is 15.9. The molecule has 9 atom stereocenters. The van der Waals surface area contributed by atoms with E-state index >= 15 is 0 Å². The van der Waals surface area contributed by atoms with Gasteiger partial charge in [0.25, 0.3) is 0 Å². The summed E-state index contributed by atoms with van der Waals surface area (Å²) >= 11 is 5.06. The zero-order valence-electron chi connectivity index (χ0n) is 23.9. The molecule has 2 aliphatic heterocycles. The van der Waals surface area contributed by atoms with E-state index < -0.39 is 6.29 Å². The van der Waals surface area contributed by atoms with Gasteiger partial charge < -0.3 is 14.6 Å². The lowest BCUT2D eigenvalue weighted by Crippen LogP contribution is -2.53. The number of hydrogen-bond acceptors (Lipinski definition) is 6. The molecule has 7 heteroatoms. The molecular formula is C31H51ClO6. The molecule has 9 unspecified atom stereocenters. The number of halogens is 1. The highest BCUT2D eigenvalue weighted by molar-refractivity contribution is 6.07. The molecular weight excluding hydrogens is 504 g/mol. The summed E-state index contributed by atoms with van der Waals surface area (Å²) < 4.78 is 14.3. The van der Waals surface area contributed by atoms with Gasteiger partial charge in [-0.1, -0.05) is 13.8 Å². The fourth-order valence-electron chi connectivity index (χ4n) is 9.22. The third-order valence-electron chi connectivity index (χ3n) is 11.4. The first-order valence-electron chi connectivity index (χ1n) is 15.4. The lowest BCUT2D eigenvalue weighted by Gasteiger charge is -2.60. The molecule has 0 bridgehead atoms. The van der Waals surface area contributed by atoms with Gasteiger partial charge in [0.15, 0.2) is 12.6 Å². The summed E-state index contributed by atoms with van der Waals surface area (Å²) in [5.74, 6) is 4.25. The topological polar surface area (TPSA) is 82.1 Å². The highest BCUT2D eigenvalue weighted by Crippen LogP contribution is 2.67. The summed E-state index contributed by atoms with van der Waals surface area (Å²) in [6, 6.07) is 0. The molecule has 4 saturated carbocycles. The standard InChI is InChI=1S/C21H32O2.C5H9ClO2.C5H10O2/c1-13(22)17-6-7-18-16-5-4-14-12-15(23)8-10-20(14,2)19(16)9-11-21(17,18)3;6-8-5-3-1-2-4-7-5;6-5-3-1-2-4-7-5/h14,16-19H,4-12H2,1-3H3;5H,1-4H2;5-6H,1-4H2. The average molecular weight is 555 g/mol. The van der Waals surface area contributed by atoms with E-state index in [-0.39, 0.29) is 11.7 Å². The molecule has 0 radical (unpaired) electrons. The Kier molecular flexibility index (Phi) is 10.7. The van der Waals surface area contributed by atoms with Crippen LogP contribution >= 0.6 is 11.9 Å². The van der Waals surface area contributed by atoms with Gasteiger partial charge in [-0.25, -0.2) is 4.29 Å². The number of Topliss-reactive ketones (excluding diaryl/α,β-unsaturated/α-hetero) is 2. The van der Waals surface area contributed by atoms with Crippen LogP contribution in [-0.2, 0) is 23.4 Å². The second-order valence-electron chi connectivity index (χ2n) is 13.4. The molecule has 0 spiro atoms. The van der Waals surface area contributed by atoms with Crippen LogP contribution < -0.4 is 0 Å². The van der Waals surface area contributed by atoms with Crippen LogP contribution in [0.2, 0.25) is 0 Å². The van der Waals surface area contributed by atoms with Crippen LogP contribution in [0, 0.1) is 40.4 Å². The van der Waals surface area contributed by atoms with E-state index in [1.807, 2.05) is 6.92 Å². The van der Waals surface area contributed by atoms with Gasteiger partial charge in [0.05, 0.1) is 11.9 Å². The minimum Gasteiger partial charge on any atom is -0.368 e. The Hall–Kier alpha value is -0.530. The molecule has 1 N–H and O–H groups in total. The van der Waals surface area contributed by atoms with Crippen LogP contribution in [-0.4, -0.2) is 42.5 Å². The predicted molar refractivity (Wildman–Crippen MR) is 147 cm³/mol. The second kappa shape index (κ2) is 13.4. The number of aliphatic hydroxyl groups is 1. The third kappa shape index (κ3) is 6.67. The van der Waals surface area contributed by atoms with Crippen LogP contribution in [0.3, 0.4) is 0 Å². The van der Waals surface area contributed by atoms with Crippen molar-refractivity contribution in [3.63, 3.8) is 0 Å². The number of hydrogen-bond donors (Lipinski definition) is 1. The molecule has 0 aromatic carbocycles. The van der Waals surface area contributed by atoms with Gasteiger partial charge in [0.2, 0.25) is 0 Å². The second-order valence-corrected chi connectivity index (χ2v) is 13.6. The van der Waals surface area contributed by atoms with E-state index in [1.165, 1.54) is 32.1 Å². The predicted octanol–water partition coefficient (Wildman–Crippen LogP) is 6.99. The van der Waals surface area contributed by atoms with Crippen molar-refractivity contribution in [2.24, 2.45) is 40.4 Å². The SMILES string of the molecule is CC(=O)C1CCC2C3CCC4CC(=O)CCC4(C)C3CCC12C.ClOC1CCCCO1.OC1CCCCO1. The first-order chi connectivity index (χ1) is 18.2. The number of carbonyl (C=O) groups is 2. The maximum Gasteiger partial charge on any atom is 0.177 e. The minimum absolute atomic E-state index is 0.148. The van der Waals surface area contributed by atoms with Gasteiger partial charge in [-0.05, 0) is 118 Å². The van der Waals surface area contributed by atoms with Crippen molar-refractivity contribution in [2.45, 2.75) is 130 Å². The van der Waals surface area contributed by atoms with Gasteiger partial charge in [-0.3, -0.25) is 9.59 Å². The quantitative estimate of drug-likeness (QED) is 0.396. The molecule has 218 valence electrons. The van der Waals surface area contributed by atoms with Gasteiger partial charge in [0, 0.05) is 38.4 Å². The molecule has 0 aromatic rings. The van der Waals surface area contributed by atoms with Crippen LogP contribution in [0.5, 0.6) is 0 Å². The Labute approximate surface area is 235 Å². The lowest BCUT2D eigenvalue weighted by molar-refractivity contribution is -0.143. The molecule has 6 fully saturated rings. The highest BCUT2D eigenvalue weighted by Gasteiger charge is 2.60. The van der Waals surface area contributed by atoms with E-state index in [0.29, 0.717) is 28.8 Å². The van der Waals surface area contributed by atoms with Crippen molar-refractivity contribution < 1.29 is 28.5 Å². The van der Waals surface area contributed by atoms with E-state index in [9.17, 15) is 9.59 Å². The van der Waals surface area contributed by atoms with Crippen molar-refractivity contribution in [1.82, 2.24) is 0 Å². The smallest absolute Gasteiger partial charge is 0.177 e. The van der Waals surface area contributed by atoms with Crippen LogP contribution in [0.15, 0.2) is 0 Å². The molecule has 38 heavy (non-hydrogen) atoms. The van der Waals surface area contributed by atoms with Crippen molar-refractivity contribution in [2.75, 3.05) is 13.2 Å². The summed E-state index contributed by atoms with van der Waals surface area (Å²) in [5.41, 5.74) is 0.660. The minimum atomic E-state index is -0.464. The molecule has 6 nitrogen and oxygen atoms in total. The van der Waals surface area contributed by atoms with E-state index in [0.717, 1.165) is 95.2 Å². The van der Waals surface area contributed by atoms with E-state index in [4.69, 9.17) is 26.4 Å². The highest BCUT2D eigenvalue weighted by atomic mass is 35.5. The fourth-order valence-corrected chi connectivity index (χ4v) is 9.36. The Bertz CT molecular complexity index is 793. The Morgan fingerprint density at radius 1 is 0.895 bits per heavy atom. The van der Waals surface area contributed by atoms with Crippen molar-refractivity contribution >= 4 is 23.4 Å². The maximum absolute atomic E-state index is 12.2. The largest absolute Gasteiger partial charge is 0.368 e. The van der Waals surface area contributed by atoms with Gasteiger partial charge in [0.1, 0.15) is 11.6 Å². The van der Waals surface area contributed by atoms with Gasteiger partial charge >= 0.3 is 0 Å². The first-order valence-corrected chi connectivity index (χ1v) is 15.7. The lowest BCUT2D eigenvalue weighted by atomic mass is 9.44. The average Bonchev–Trinajstić information content (AvgIpc) is 3.28. The third-order valence-corrected chi connectivity index (χ3v) is 11.6. The summed E-state index contributed by atoms with van der Waals surface area (Å²) in [4.78, 5) is 24.1. The molecule has 6 aliphatic rings. The van der Waals surface area contributed by atoms with E-state index in [1.54, 1.807) is 0 Å². The van der Waals surface area contributed by atoms with Gasteiger partial charge in [-0.2, -0.15) is 0 Å². The van der Waals surface area contributed by atoms with Crippen LogP contribution in [0.4, 0.5) is 0 Å². The van der Waals surface area contributed by atoms with Gasteiger partial charge in [-0.15, -0.1) is 0 Å². The number of aliphatic hydroxyl groups excluding tert-OH is 1. The zero-order valence-corrected chi connectivity index (χ0v) is 24.7. The van der Waals surface area contributed by atoms with Crippen molar-refractivity contribution in [3.05, 3.63) is 0 Å². The zero-order chi connectivity index (χ0) is 27.3. The van der Waals surface area contributed by atoms with Crippen LogP contribution in [0.1, 0.15) is 117 Å².